The Morgan fingerprint density at radius 1 is 1.11 bits per heavy atom. The Hall–Kier alpha value is -0.320. The third kappa shape index (κ3) is 4.20. The van der Waals surface area contributed by atoms with Crippen LogP contribution in [0.25, 0.3) is 0 Å². The van der Waals surface area contributed by atoms with Gasteiger partial charge in [0.1, 0.15) is 0 Å². The maximum Gasteiger partial charge on any atom is 0.253 e. The summed E-state index contributed by atoms with van der Waals surface area (Å²) in [6.07, 6.45) is -6.52. The number of alkyl halides is 4. The van der Waals surface area contributed by atoms with Crippen molar-refractivity contribution in [3.05, 3.63) is 0 Å². The Balaban J connectivity index is 3.38. The molecular weight excluding hydrogens is 138 g/mol. The normalized spacial score (nSPS) is 15.0. The second kappa shape index (κ2) is 3.66. The predicted molar refractivity (Wildman–Crippen MR) is 24.6 cm³/mol. The van der Waals surface area contributed by atoms with Gasteiger partial charge in [-0.3, -0.25) is 0 Å². The van der Waals surface area contributed by atoms with Crippen LogP contribution in [0.3, 0.4) is 0 Å². The molecule has 0 aromatic heterocycles. The summed E-state index contributed by atoms with van der Waals surface area (Å²) in [7, 11) is 0. The Morgan fingerprint density at radius 3 is 1.67 bits per heavy atom. The van der Waals surface area contributed by atoms with Crippen LogP contribution in [0.2, 0.25) is 0 Å². The van der Waals surface area contributed by atoms with Crippen molar-refractivity contribution >= 4 is 0 Å². The summed E-state index contributed by atoms with van der Waals surface area (Å²) in [5, 5.41) is 0. The van der Waals surface area contributed by atoms with Gasteiger partial charge in [-0.1, -0.05) is 0 Å². The fourth-order valence-corrected chi connectivity index (χ4v) is 0.309. The first-order valence-electron chi connectivity index (χ1n) is 2.36. The van der Waals surface area contributed by atoms with Crippen LogP contribution in [0, 0.1) is 0 Å². The zero-order valence-corrected chi connectivity index (χ0v) is 4.53. The van der Waals surface area contributed by atoms with Crippen LogP contribution in [0.1, 0.15) is 6.42 Å². The van der Waals surface area contributed by atoms with Gasteiger partial charge in [0.15, 0.2) is 0 Å². The number of hydrogen-bond acceptors (Lipinski definition) is 1. The molecule has 0 radical (unpaired) electrons. The fourth-order valence-electron chi connectivity index (χ4n) is 0.309. The van der Waals surface area contributed by atoms with E-state index >= 15 is 0 Å². The number of rotatable bonds is 3. The Labute approximate surface area is 49.8 Å². The van der Waals surface area contributed by atoms with Crippen molar-refractivity contribution in [2.24, 2.45) is 5.73 Å². The molecule has 1 unspecified atom stereocenters. The molecule has 0 saturated heterocycles. The van der Waals surface area contributed by atoms with E-state index < -0.39 is 25.3 Å². The van der Waals surface area contributed by atoms with Crippen molar-refractivity contribution in [1.29, 1.82) is 0 Å². The molecule has 0 spiro atoms. The maximum atomic E-state index is 11.3. The standard InChI is InChI=1S/C4H7F4N/c5-3(6)1-2(9)4(7)8/h2-4H,1,9H2. The molecule has 56 valence electrons. The van der Waals surface area contributed by atoms with Gasteiger partial charge in [0.2, 0.25) is 6.43 Å². The molecule has 0 aliphatic carbocycles. The van der Waals surface area contributed by atoms with Crippen LogP contribution in [0.15, 0.2) is 0 Å². The smallest absolute Gasteiger partial charge is 0.253 e. The number of nitrogens with two attached hydrogens (primary N) is 1. The Kier molecular flexibility index (Phi) is 3.53. The van der Waals surface area contributed by atoms with Gasteiger partial charge in [-0.2, -0.15) is 0 Å². The molecule has 0 aliphatic heterocycles. The summed E-state index contributed by atoms with van der Waals surface area (Å²) >= 11 is 0. The minimum Gasteiger partial charge on any atom is -0.323 e. The number of halogens is 4. The predicted octanol–water partition coefficient (Wildman–Crippen LogP) is 1.23. The molecule has 0 aliphatic rings. The molecule has 0 rings (SSSR count). The van der Waals surface area contributed by atoms with Crippen molar-refractivity contribution in [3.8, 4) is 0 Å². The summed E-state index contributed by atoms with van der Waals surface area (Å²) in [5.41, 5.74) is 4.59. The van der Waals surface area contributed by atoms with Crippen LogP contribution in [-0.4, -0.2) is 18.9 Å². The van der Waals surface area contributed by atoms with Gasteiger partial charge in [-0.05, 0) is 0 Å². The fraction of sp³-hybridized carbons (Fsp3) is 1.00. The summed E-state index contributed by atoms with van der Waals surface area (Å²) in [5.74, 6) is 0. The van der Waals surface area contributed by atoms with Crippen molar-refractivity contribution in [3.63, 3.8) is 0 Å². The van der Waals surface area contributed by atoms with E-state index in [-0.39, 0.29) is 0 Å². The van der Waals surface area contributed by atoms with E-state index in [9.17, 15) is 17.6 Å². The first-order valence-corrected chi connectivity index (χ1v) is 2.36. The molecule has 0 saturated carbocycles. The molecule has 9 heavy (non-hydrogen) atoms. The molecule has 0 fully saturated rings. The minimum absolute atomic E-state index is 0.933. The lowest BCUT2D eigenvalue weighted by atomic mass is 10.2. The van der Waals surface area contributed by atoms with Crippen molar-refractivity contribution in [2.75, 3.05) is 0 Å². The van der Waals surface area contributed by atoms with Crippen molar-refractivity contribution in [2.45, 2.75) is 25.3 Å². The van der Waals surface area contributed by atoms with Crippen LogP contribution in [-0.2, 0) is 0 Å². The first-order chi connectivity index (χ1) is 4.04. The summed E-state index contributed by atoms with van der Waals surface area (Å²) < 4.78 is 45.1. The van der Waals surface area contributed by atoms with Gasteiger partial charge < -0.3 is 5.73 Å². The minimum atomic E-state index is -2.85. The van der Waals surface area contributed by atoms with Gasteiger partial charge in [-0.25, -0.2) is 17.6 Å². The largest absolute Gasteiger partial charge is 0.323 e. The van der Waals surface area contributed by atoms with Crippen LogP contribution in [0.4, 0.5) is 17.6 Å². The van der Waals surface area contributed by atoms with Gasteiger partial charge in [0, 0.05) is 6.42 Å². The molecule has 5 heteroatoms. The number of hydrogen-bond donors (Lipinski definition) is 1. The van der Waals surface area contributed by atoms with Crippen LogP contribution >= 0.6 is 0 Å². The van der Waals surface area contributed by atoms with E-state index in [0.29, 0.717) is 0 Å². The van der Waals surface area contributed by atoms with Crippen LogP contribution < -0.4 is 5.73 Å². The second-order valence-corrected chi connectivity index (χ2v) is 1.63. The van der Waals surface area contributed by atoms with E-state index in [1.165, 1.54) is 0 Å². The SMILES string of the molecule is NC(CC(F)F)C(F)F. The van der Waals surface area contributed by atoms with Gasteiger partial charge in [-0.15, -0.1) is 0 Å². The molecule has 1 atom stereocenters. The highest BCUT2D eigenvalue weighted by Gasteiger charge is 2.19. The molecule has 0 bridgehead atoms. The molecule has 0 aromatic rings. The van der Waals surface area contributed by atoms with E-state index in [2.05, 4.69) is 5.73 Å². The van der Waals surface area contributed by atoms with Gasteiger partial charge in [0.05, 0.1) is 6.04 Å². The van der Waals surface area contributed by atoms with E-state index in [0.717, 1.165) is 0 Å². The molecule has 0 amide bonds. The third-order valence-electron chi connectivity index (χ3n) is 0.774. The quantitative estimate of drug-likeness (QED) is 0.594. The second-order valence-electron chi connectivity index (χ2n) is 1.63. The maximum absolute atomic E-state index is 11.3. The summed E-state index contributed by atoms with van der Waals surface area (Å²) in [4.78, 5) is 0. The molecular formula is C4H7F4N. The van der Waals surface area contributed by atoms with Crippen LogP contribution in [0.5, 0.6) is 0 Å². The molecule has 0 heterocycles. The molecule has 0 aromatic carbocycles. The summed E-state index contributed by atoms with van der Waals surface area (Å²) in [6.45, 7) is 0. The Morgan fingerprint density at radius 2 is 1.56 bits per heavy atom. The molecule has 2 N–H and O–H groups in total. The lowest BCUT2D eigenvalue weighted by molar-refractivity contribution is 0.0628. The van der Waals surface area contributed by atoms with Crippen molar-refractivity contribution in [1.82, 2.24) is 0 Å². The summed E-state index contributed by atoms with van der Waals surface area (Å²) in [6, 6.07) is -1.69. The zero-order chi connectivity index (χ0) is 7.44. The van der Waals surface area contributed by atoms with E-state index in [1.54, 1.807) is 0 Å². The van der Waals surface area contributed by atoms with Gasteiger partial charge in [0.25, 0.3) is 6.43 Å². The highest BCUT2D eigenvalue weighted by Crippen LogP contribution is 2.08. The highest BCUT2D eigenvalue weighted by molar-refractivity contribution is 4.63. The lowest BCUT2D eigenvalue weighted by Gasteiger charge is -2.07. The third-order valence-corrected chi connectivity index (χ3v) is 0.774. The topological polar surface area (TPSA) is 26.0 Å². The molecule has 1 nitrogen and oxygen atoms in total. The average molecular weight is 145 g/mol. The van der Waals surface area contributed by atoms with Crippen molar-refractivity contribution < 1.29 is 17.6 Å². The Bertz CT molecular complexity index is 75.0. The zero-order valence-electron chi connectivity index (χ0n) is 4.53. The monoisotopic (exact) mass is 145 g/mol. The van der Waals surface area contributed by atoms with E-state index in [1.807, 2.05) is 0 Å². The lowest BCUT2D eigenvalue weighted by Crippen LogP contribution is -2.30. The highest BCUT2D eigenvalue weighted by atomic mass is 19.3. The van der Waals surface area contributed by atoms with E-state index in [4.69, 9.17) is 0 Å². The first kappa shape index (κ1) is 8.68. The average Bonchev–Trinajstić information content (AvgIpc) is 1.63. The van der Waals surface area contributed by atoms with Gasteiger partial charge >= 0.3 is 0 Å².